The van der Waals surface area contributed by atoms with Gasteiger partial charge in [0.05, 0.1) is 17.7 Å². The maximum atomic E-state index is 13.0. The summed E-state index contributed by atoms with van der Waals surface area (Å²) < 4.78 is 18.4. The lowest BCUT2D eigenvalue weighted by atomic mass is 9.86. The lowest BCUT2D eigenvalue weighted by Crippen LogP contribution is -2.65. The first-order valence-electron chi connectivity index (χ1n) is 10.2. The molecular weight excluding hydrogens is 403 g/mol. The van der Waals surface area contributed by atoms with E-state index >= 15 is 0 Å². The first-order valence-corrected chi connectivity index (χ1v) is 10.2. The number of benzene rings is 1. The van der Waals surface area contributed by atoms with Crippen molar-refractivity contribution in [3.63, 3.8) is 0 Å². The Labute approximate surface area is 180 Å². The van der Waals surface area contributed by atoms with E-state index in [0.717, 1.165) is 12.8 Å². The van der Waals surface area contributed by atoms with Crippen LogP contribution in [0.25, 0.3) is 0 Å². The van der Waals surface area contributed by atoms with E-state index in [2.05, 4.69) is 10.6 Å². The predicted octanol–water partition coefficient (Wildman–Crippen LogP) is 1.51. The Hall–Kier alpha value is -3.14. The maximum absolute atomic E-state index is 13.0. The van der Waals surface area contributed by atoms with Gasteiger partial charge in [-0.15, -0.1) is 0 Å². The SMILES string of the molecule is C[C@@]1(N)CN(C(=O)OCC2CC2)CC[C@H]1N/C=C(\C(=N)Nc1ccc(F)cc1)C(N)=O. The summed E-state index contributed by atoms with van der Waals surface area (Å²) in [5, 5.41) is 13.9. The van der Waals surface area contributed by atoms with Crippen LogP contribution < -0.4 is 22.1 Å². The molecule has 0 spiro atoms. The zero-order valence-electron chi connectivity index (χ0n) is 17.5. The molecule has 2 amide bonds. The van der Waals surface area contributed by atoms with Crippen molar-refractivity contribution in [2.75, 3.05) is 25.0 Å². The van der Waals surface area contributed by atoms with Gasteiger partial charge in [0.2, 0.25) is 0 Å². The minimum absolute atomic E-state index is 0.0774. The van der Waals surface area contributed by atoms with Crippen molar-refractivity contribution in [2.24, 2.45) is 17.4 Å². The summed E-state index contributed by atoms with van der Waals surface area (Å²) in [5.74, 6) is -0.948. The van der Waals surface area contributed by atoms with Gasteiger partial charge in [0.25, 0.3) is 5.91 Å². The first kappa shape index (κ1) is 22.5. The number of anilines is 1. The molecule has 0 unspecified atom stereocenters. The number of hydrogen-bond donors (Lipinski definition) is 5. The Balaban J connectivity index is 1.59. The van der Waals surface area contributed by atoms with Crippen LogP contribution in [0.4, 0.5) is 14.9 Å². The van der Waals surface area contributed by atoms with Crippen LogP contribution in [-0.4, -0.2) is 54.0 Å². The Morgan fingerprint density at radius 3 is 2.58 bits per heavy atom. The standard InChI is InChI=1S/C21H29FN6O3/c1-21(25)12-28(20(30)31-11-13-2-3-13)9-8-17(21)26-10-16(19(24)29)18(23)27-15-6-4-14(22)5-7-15/h4-7,10,13,17,26H,2-3,8-9,11-12,25H2,1H3,(H2,23,27)(H2,24,29)/b16-10+/t17-,21-/m1/s1. The number of primary amides is 1. The van der Waals surface area contributed by atoms with E-state index in [1.54, 1.807) is 4.90 Å². The summed E-state index contributed by atoms with van der Waals surface area (Å²) in [6.45, 7) is 3.01. The predicted molar refractivity (Wildman–Crippen MR) is 115 cm³/mol. The molecule has 2 atom stereocenters. The van der Waals surface area contributed by atoms with Gasteiger partial charge in [0.1, 0.15) is 11.7 Å². The van der Waals surface area contributed by atoms with Crippen LogP contribution in [0.2, 0.25) is 0 Å². The molecule has 2 fully saturated rings. The Kier molecular flexibility index (Phi) is 6.79. The fourth-order valence-electron chi connectivity index (χ4n) is 3.40. The summed E-state index contributed by atoms with van der Waals surface area (Å²) in [7, 11) is 0. The molecule has 0 radical (unpaired) electrons. The lowest BCUT2D eigenvalue weighted by Gasteiger charge is -2.43. The minimum atomic E-state index is -0.799. The van der Waals surface area contributed by atoms with Gasteiger partial charge in [-0.2, -0.15) is 0 Å². The molecule has 1 aromatic rings. The van der Waals surface area contributed by atoms with Crippen molar-refractivity contribution in [3.8, 4) is 0 Å². The number of rotatable bonds is 7. The fraction of sp³-hybridized carbons (Fsp3) is 0.476. The van der Waals surface area contributed by atoms with Gasteiger partial charge in [-0.05, 0) is 56.4 Å². The average Bonchev–Trinajstić information content (AvgIpc) is 3.53. The third-order valence-corrected chi connectivity index (χ3v) is 5.49. The van der Waals surface area contributed by atoms with Crippen LogP contribution in [0.15, 0.2) is 36.0 Å². The Morgan fingerprint density at radius 2 is 2.00 bits per heavy atom. The molecule has 2 aliphatic rings. The molecule has 1 aliphatic heterocycles. The molecule has 9 nitrogen and oxygen atoms in total. The number of likely N-dealkylation sites (tertiary alicyclic amines) is 1. The highest BCUT2D eigenvalue weighted by Gasteiger charge is 2.39. The third-order valence-electron chi connectivity index (χ3n) is 5.49. The molecule has 0 aromatic heterocycles. The highest BCUT2D eigenvalue weighted by molar-refractivity contribution is 6.23. The highest BCUT2D eigenvalue weighted by atomic mass is 19.1. The molecular formula is C21H29FN6O3. The largest absolute Gasteiger partial charge is 0.449 e. The van der Waals surface area contributed by atoms with E-state index in [-0.39, 0.29) is 23.5 Å². The quantitative estimate of drug-likeness (QED) is 0.251. The number of nitrogens with one attached hydrogen (secondary N) is 3. The number of nitrogens with zero attached hydrogens (tertiary/aromatic N) is 1. The normalized spacial score (nSPS) is 23.8. The molecule has 1 saturated carbocycles. The molecule has 3 rings (SSSR count). The molecule has 0 bridgehead atoms. The summed E-state index contributed by atoms with van der Waals surface area (Å²) in [6, 6.07) is 5.12. The second-order valence-corrected chi connectivity index (χ2v) is 8.38. The van der Waals surface area contributed by atoms with Crippen LogP contribution in [-0.2, 0) is 9.53 Å². The van der Waals surface area contributed by atoms with Crippen molar-refractivity contribution < 1.29 is 18.7 Å². The number of halogens is 1. The van der Waals surface area contributed by atoms with Crippen molar-refractivity contribution in [3.05, 3.63) is 41.9 Å². The monoisotopic (exact) mass is 432 g/mol. The van der Waals surface area contributed by atoms with Crippen molar-refractivity contribution in [2.45, 2.75) is 37.8 Å². The van der Waals surface area contributed by atoms with Gasteiger partial charge in [-0.3, -0.25) is 10.2 Å². The van der Waals surface area contributed by atoms with Gasteiger partial charge < -0.3 is 31.7 Å². The second-order valence-electron chi connectivity index (χ2n) is 8.38. The second kappa shape index (κ2) is 9.34. The van der Waals surface area contributed by atoms with Crippen molar-refractivity contribution >= 4 is 23.5 Å². The highest BCUT2D eigenvalue weighted by Crippen LogP contribution is 2.29. The van der Waals surface area contributed by atoms with Crippen LogP contribution in [0.5, 0.6) is 0 Å². The molecule has 1 saturated heterocycles. The van der Waals surface area contributed by atoms with Crippen LogP contribution in [0.3, 0.4) is 0 Å². The average molecular weight is 433 g/mol. The smallest absolute Gasteiger partial charge is 0.409 e. The Morgan fingerprint density at radius 1 is 1.32 bits per heavy atom. The van der Waals surface area contributed by atoms with E-state index in [1.165, 1.54) is 30.5 Å². The number of amides is 2. The molecule has 1 aliphatic carbocycles. The molecule has 7 N–H and O–H groups in total. The number of carbonyl (C=O) groups is 2. The number of ether oxygens (including phenoxy) is 1. The van der Waals surface area contributed by atoms with Gasteiger partial charge >= 0.3 is 6.09 Å². The number of piperidine rings is 1. The zero-order chi connectivity index (χ0) is 22.6. The maximum Gasteiger partial charge on any atom is 0.409 e. The number of hydrogen-bond acceptors (Lipinski definition) is 6. The van der Waals surface area contributed by atoms with E-state index in [4.69, 9.17) is 21.6 Å². The zero-order valence-corrected chi connectivity index (χ0v) is 17.5. The van der Waals surface area contributed by atoms with Crippen molar-refractivity contribution in [1.82, 2.24) is 10.2 Å². The number of carbonyl (C=O) groups excluding carboxylic acids is 2. The fourth-order valence-corrected chi connectivity index (χ4v) is 3.40. The van der Waals surface area contributed by atoms with Crippen molar-refractivity contribution in [1.29, 1.82) is 5.41 Å². The summed E-state index contributed by atoms with van der Waals surface area (Å²) in [5.41, 5.74) is 11.4. The first-order chi connectivity index (χ1) is 14.7. The summed E-state index contributed by atoms with van der Waals surface area (Å²) in [4.78, 5) is 25.7. The molecule has 168 valence electrons. The van der Waals surface area contributed by atoms with Gasteiger partial charge in [0.15, 0.2) is 0 Å². The van der Waals surface area contributed by atoms with Crippen LogP contribution in [0.1, 0.15) is 26.2 Å². The lowest BCUT2D eigenvalue weighted by molar-refractivity contribution is -0.114. The molecule has 31 heavy (non-hydrogen) atoms. The van der Waals surface area contributed by atoms with Gasteiger partial charge in [0, 0.05) is 31.0 Å². The van der Waals surface area contributed by atoms with E-state index in [9.17, 15) is 14.0 Å². The minimum Gasteiger partial charge on any atom is -0.449 e. The molecule has 1 aromatic carbocycles. The number of nitrogens with two attached hydrogens (primary N) is 2. The van der Waals surface area contributed by atoms with E-state index < -0.39 is 17.3 Å². The number of amidine groups is 1. The van der Waals surface area contributed by atoms with Crippen LogP contribution >= 0.6 is 0 Å². The van der Waals surface area contributed by atoms with Gasteiger partial charge in [-0.1, -0.05) is 0 Å². The van der Waals surface area contributed by atoms with Gasteiger partial charge in [-0.25, -0.2) is 9.18 Å². The molecule has 10 heteroatoms. The molecule has 1 heterocycles. The topological polar surface area (TPSA) is 147 Å². The third kappa shape index (κ3) is 6.17. The van der Waals surface area contributed by atoms with E-state index in [0.29, 0.717) is 37.7 Å². The Bertz CT molecular complexity index is 866. The summed E-state index contributed by atoms with van der Waals surface area (Å²) in [6.07, 6.45) is 3.74. The summed E-state index contributed by atoms with van der Waals surface area (Å²) >= 11 is 0. The van der Waals surface area contributed by atoms with E-state index in [1.807, 2.05) is 6.92 Å². The van der Waals surface area contributed by atoms with Crippen LogP contribution in [0, 0.1) is 17.1 Å².